The van der Waals surface area contributed by atoms with Gasteiger partial charge in [-0.1, -0.05) is 23.4 Å². The number of carbonyl (C=O) groups is 1. The second-order valence-corrected chi connectivity index (χ2v) is 7.36. The summed E-state index contributed by atoms with van der Waals surface area (Å²) in [6.07, 6.45) is 0.790. The van der Waals surface area contributed by atoms with Crippen LogP contribution in [0.5, 0.6) is 5.75 Å². The quantitative estimate of drug-likeness (QED) is 0.315. The summed E-state index contributed by atoms with van der Waals surface area (Å²) in [5.41, 5.74) is 1.80. The largest absolute Gasteiger partial charge is 0.496 e. The minimum atomic E-state index is -0.144. The lowest BCUT2D eigenvalue weighted by Crippen LogP contribution is -2.25. The number of ether oxygens (including phenoxy) is 2. The van der Waals surface area contributed by atoms with Gasteiger partial charge in [-0.2, -0.15) is 0 Å². The molecule has 0 N–H and O–H groups in total. The van der Waals surface area contributed by atoms with Crippen LogP contribution >= 0.6 is 23.4 Å². The topological polar surface area (TPSA) is 70.4 Å². The Morgan fingerprint density at radius 1 is 1.21 bits per heavy atom. The molecule has 28 heavy (non-hydrogen) atoms. The molecule has 0 saturated carbocycles. The molecule has 2 aromatic carbocycles. The molecule has 0 radical (unpaired) electrons. The molecule has 0 unspecified atom stereocenters. The average molecular weight is 419 g/mol. The second-order valence-electron chi connectivity index (χ2n) is 5.98. The Hall–Kier alpha value is -2.35. The highest BCUT2D eigenvalue weighted by atomic mass is 35.5. The number of hydrogen-bond donors (Lipinski definition) is 0. The number of aldehydes is 1. The molecule has 1 aromatic heterocycles. The Balaban J connectivity index is 2.01. The molecule has 6 nitrogen and oxygen atoms in total. The Labute approximate surface area is 171 Å². The maximum Gasteiger partial charge on any atom is 0.262 e. The molecule has 0 aliphatic carbocycles. The van der Waals surface area contributed by atoms with Gasteiger partial charge in [-0.3, -0.25) is 14.2 Å². The van der Waals surface area contributed by atoms with Gasteiger partial charge in [0.1, 0.15) is 12.0 Å². The van der Waals surface area contributed by atoms with Crippen LogP contribution in [0.1, 0.15) is 15.9 Å². The number of aromatic nitrogens is 2. The van der Waals surface area contributed by atoms with Gasteiger partial charge in [0.25, 0.3) is 5.56 Å². The third-order valence-corrected chi connectivity index (χ3v) is 5.46. The Bertz CT molecular complexity index is 1070. The number of thioether (sulfide) groups is 1. The van der Waals surface area contributed by atoms with Crippen LogP contribution in [0, 0.1) is 0 Å². The Kier molecular flexibility index (Phi) is 6.72. The minimum absolute atomic E-state index is 0.144. The summed E-state index contributed by atoms with van der Waals surface area (Å²) in [6, 6.07) is 10.3. The highest BCUT2D eigenvalue weighted by Gasteiger charge is 2.14. The lowest BCUT2D eigenvalue weighted by atomic mass is 10.1. The SMILES string of the molecule is COCCn1c(SCc2cc(C=O)ccc2OC)nc2cc(Cl)ccc2c1=O. The van der Waals surface area contributed by atoms with E-state index in [1.54, 1.807) is 55.2 Å². The highest BCUT2D eigenvalue weighted by Crippen LogP contribution is 2.28. The molecule has 3 aromatic rings. The van der Waals surface area contributed by atoms with Crippen molar-refractivity contribution in [3.63, 3.8) is 0 Å². The van der Waals surface area contributed by atoms with Gasteiger partial charge >= 0.3 is 0 Å². The first-order valence-electron chi connectivity index (χ1n) is 8.51. The Morgan fingerprint density at radius 3 is 2.75 bits per heavy atom. The fourth-order valence-electron chi connectivity index (χ4n) is 2.79. The summed E-state index contributed by atoms with van der Waals surface area (Å²) in [5, 5.41) is 1.58. The zero-order valence-electron chi connectivity index (χ0n) is 15.5. The highest BCUT2D eigenvalue weighted by molar-refractivity contribution is 7.98. The lowest BCUT2D eigenvalue weighted by molar-refractivity contribution is 0.112. The van der Waals surface area contributed by atoms with Crippen molar-refractivity contribution in [3.8, 4) is 5.75 Å². The van der Waals surface area contributed by atoms with Crippen LogP contribution in [-0.2, 0) is 17.0 Å². The molecule has 0 saturated heterocycles. The molecule has 0 atom stereocenters. The van der Waals surface area contributed by atoms with Crippen molar-refractivity contribution in [1.82, 2.24) is 9.55 Å². The molecule has 0 spiro atoms. The van der Waals surface area contributed by atoms with E-state index in [-0.39, 0.29) is 5.56 Å². The van der Waals surface area contributed by atoms with Crippen molar-refractivity contribution >= 4 is 40.6 Å². The first-order chi connectivity index (χ1) is 13.6. The maximum atomic E-state index is 12.9. The fraction of sp³-hybridized carbons (Fsp3) is 0.250. The van der Waals surface area contributed by atoms with Crippen molar-refractivity contribution < 1.29 is 14.3 Å². The van der Waals surface area contributed by atoms with Gasteiger partial charge in [0.15, 0.2) is 5.16 Å². The second kappa shape index (κ2) is 9.23. The van der Waals surface area contributed by atoms with E-state index in [2.05, 4.69) is 4.98 Å². The van der Waals surface area contributed by atoms with Gasteiger partial charge in [0.05, 0.1) is 31.2 Å². The number of benzene rings is 2. The van der Waals surface area contributed by atoms with Crippen LogP contribution in [0.4, 0.5) is 0 Å². The smallest absolute Gasteiger partial charge is 0.262 e. The predicted octanol–water partition coefficient (Wildman–Crippen LogP) is 3.81. The number of methoxy groups -OCH3 is 2. The summed E-state index contributed by atoms with van der Waals surface area (Å²) >= 11 is 7.46. The predicted molar refractivity (Wildman–Crippen MR) is 111 cm³/mol. The van der Waals surface area contributed by atoms with E-state index < -0.39 is 0 Å². The number of halogens is 1. The zero-order valence-corrected chi connectivity index (χ0v) is 17.0. The molecule has 1 heterocycles. The van der Waals surface area contributed by atoms with E-state index in [0.29, 0.717) is 51.3 Å². The summed E-state index contributed by atoms with van der Waals surface area (Å²) in [7, 11) is 3.16. The van der Waals surface area contributed by atoms with Crippen LogP contribution in [0.25, 0.3) is 10.9 Å². The van der Waals surface area contributed by atoms with Crippen LogP contribution < -0.4 is 10.3 Å². The standard InChI is InChI=1S/C20H19ClN2O4S/c1-26-8-7-23-19(25)16-5-4-15(21)10-17(16)22-20(23)28-12-14-9-13(11-24)3-6-18(14)27-2/h3-6,9-11H,7-8,12H2,1-2H3. The molecular weight excluding hydrogens is 400 g/mol. The van der Waals surface area contributed by atoms with E-state index in [0.717, 1.165) is 11.8 Å². The number of rotatable bonds is 8. The number of hydrogen-bond acceptors (Lipinski definition) is 6. The molecule has 0 fully saturated rings. The van der Waals surface area contributed by atoms with Gasteiger partial charge < -0.3 is 9.47 Å². The third-order valence-electron chi connectivity index (χ3n) is 4.20. The molecule has 3 rings (SSSR count). The van der Waals surface area contributed by atoms with E-state index in [1.807, 2.05) is 0 Å². The Morgan fingerprint density at radius 2 is 2.04 bits per heavy atom. The lowest BCUT2D eigenvalue weighted by Gasteiger charge is -2.14. The molecule has 0 aliphatic rings. The van der Waals surface area contributed by atoms with E-state index >= 15 is 0 Å². The maximum absolute atomic E-state index is 12.9. The average Bonchev–Trinajstić information content (AvgIpc) is 2.71. The number of carbonyl (C=O) groups excluding carboxylic acids is 1. The van der Waals surface area contributed by atoms with Gasteiger partial charge in [-0.25, -0.2) is 4.98 Å². The van der Waals surface area contributed by atoms with Crippen LogP contribution in [0.2, 0.25) is 5.02 Å². The third kappa shape index (κ3) is 4.38. The molecule has 0 bridgehead atoms. The van der Waals surface area contributed by atoms with Gasteiger partial charge in [0.2, 0.25) is 0 Å². The molecular formula is C20H19ClN2O4S. The molecule has 8 heteroatoms. The van der Waals surface area contributed by atoms with Crippen molar-refractivity contribution in [1.29, 1.82) is 0 Å². The molecule has 146 valence electrons. The van der Waals surface area contributed by atoms with Crippen molar-refractivity contribution in [2.45, 2.75) is 17.5 Å². The van der Waals surface area contributed by atoms with E-state index in [1.165, 1.54) is 11.8 Å². The summed E-state index contributed by atoms with van der Waals surface area (Å²) < 4.78 is 12.1. The van der Waals surface area contributed by atoms with Gasteiger partial charge in [0, 0.05) is 29.0 Å². The first kappa shape index (κ1) is 20.4. The summed E-state index contributed by atoms with van der Waals surface area (Å²) in [6.45, 7) is 0.771. The number of fused-ring (bicyclic) bond motifs is 1. The van der Waals surface area contributed by atoms with Crippen molar-refractivity contribution in [2.75, 3.05) is 20.8 Å². The first-order valence-corrected chi connectivity index (χ1v) is 9.87. The van der Waals surface area contributed by atoms with Crippen LogP contribution in [0.15, 0.2) is 46.3 Å². The van der Waals surface area contributed by atoms with Crippen LogP contribution in [0.3, 0.4) is 0 Å². The van der Waals surface area contributed by atoms with E-state index in [9.17, 15) is 9.59 Å². The normalized spacial score (nSPS) is 11.0. The molecule has 0 aliphatic heterocycles. The fourth-order valence-corrected chi connectivity index (χ4v) is 3.96. The van der Waals surface area contributed by atoms with Crippen LogP contribution in [-0.4, -0.2) is 36.7 Å². The van der Waals surface area contributed by atoms with Crippen molar-refractivity contribution in [2.24, 2.45) is 0 Å². The van der Waals surface area contributed by atoms with E-state index in [4.69, 9.17) is 21.1 Å². The minimum Gasteiger partial charge on any atom is -0.496 e. The number of nitrogens with zero attached hydrogens (tertiary/aromatic N) is 2. The monoisotopic (exact) mass is 418 g/mol. The summed E-state index contributed by atoms with van der Waals surface area (Å²) in [5.74, 6) is 1.16. The summed E-state index contributed by atoms with van der Waals surface area (Å²) in [4.78, 5) is 28.7. The molecule has 0 amide bonds. The van der Waals surface area contributed by atoms with Gasteiger partial charge in [-0.15, -0.1) is 0 Å². The zero-order chi connectivity index (χ0) is 20.1. The van der Waals surface area contributed by atoms with Crippen molar-refractivity contribution in [3.05, 3.63) is 62.9 Å². The van der Waals surface area contributed by atoms with Gasteiger partial charge in [-0.05, 0) is 36.4 Å².